The van der Waals surface area contributed by atoms with E-state index in [2.05, 4.69) is 21.2 Å². The summed E-state index contributed by atoms with van der Waals surface area (Å²) in [7, 11) is 0. The molecule has 0 bridgehead atoms. The number of hydrogen-bond donors (Lipinski definition) is 1. The molecule has 2 aliphatic rings. The molecule has 1 N–H and O–H groups in total. The first kappa shape index (κ1) is 20.2. The Kier molecular flexibility index (Phi) is 6.11. The Bertz CT molecular complexity index is 919. The molecular weight excluding hydrogens is 456 g/mol. The van der Waals surface area contributed by atoms with Gasteiger partial charge in [0, 0.05) is 40.1 Å². The predicted octanol–water partition coefficient (Wildman–Crippen LogP) is 4.59. The minimum atomic E-state index is -0.210. The first-order valence-electron chi connectivity index (χ1n) is 9.79. The number of carbonyl (C=O) groups is 2. The van der Waals surface area contributed by atoms with Crippen LogP contribution in [0.2, 0.25) is 5.02 Å². The smallest absolute Gasteiger partial charge is 0.253 e. The Hall–Kier alpha value is -2.05. The van der Waals surface area contributed by atoms with Crippen LogP contribution in [-0.4, -0.2) is 36.4 Å². The maximum Gasteiger partial charge on any atom is 0.253 e. The molecule has 7 heteroatoms. The Labute approximate surface area is 183 Å². The number of carbonyl (C=O) groups excluding carboxylic acids is 2. The number of likely N-dealkylation sites (tertiary alicyclic amines) is 1. The van der Waals surface area contributed by atoms with Gasteiger partial charge in [0.25, 0.3) is 5.91 Å². The number of fused-ring (bicyclic) bond motifs is 1. The van der Waals surface area contributed by atoms with Gasteiger partial charge in [-0.25, -0.2) is 0 Å². The summed E-state index contributed by atoms with van der Waals surface area (Å²) in [5.41, 5.74) is 1.59. The highest BCUT2D eigenvalue weighted by Gasteiger charge is 2.31. The average molecular weight is 478 g/mol. The zero-order valence-corrected chi connectivity index (χ0v) is 18.2. The Balaban J connectivity index is 1.43. The second kappa shape index (κ2) is 8.76. The van der Waals surface area contributed by atoms with E-state index in [9.17, 15) is 9.59 Å². The summed E-state index contributed by atoms with van der Waals surface area (Å²) in [6, 6.07) is 12.7. The molecule has 0 radical (unpaired) electrons. The van der Waals surface area contributed by atoms with Crippen molar-refractivity contribution < 1.29 is 14.3 Å². The van der Waals surface area contributed by atoms with Crippen LogP contribution in [0.25, 0.3) is 0 Å². The molecule has 2 heterocycles. The molecular formula is C22H22BrClN2O3. The van der Waals surface area contributed by atoms with Gasteiger partial charge in [-0.2, -0.15) is 0 Å². The summed E-state index contributed by atoms with van der Waals surface area (Å²) in [6.07, 6.45) is 2.33. The lowest BCUT2D eigenvalue weighted by molar-refractivity contribution is -0.127. The SMILES string of the molecule is O=C(NC1CCOc2ccc(Br)cc21)C1CCCN(C(=O)c2ccc(Cl)cc2)C1. The van der Waals surface area contributed by atoms with Crippen LogP contribution in [0.3, 0.4) is 0 Å². The van der Waals surface area contributed by atoms with Crippen molar-refractivity contribution >= 4 is 39.3 Å². The number of rotatable bonds is 3. The second-order valence-electron chi connectivity index (χ2n) is 7.48. The molecule has 2 aromatic carbocycles. The number of hydrogen-bond acceptors (Lipinski definition) is 3. The van der Waals surface area contributed by atoms with Crippen LogP contribution >= 0.6 is 27.5 Å². The van der Waals surface area contributed by atoms with E-state index in [1.54, 1.807) is 29.2 Å². The standard InChI is InChI=1S/C22H22BrClN2O3/c23-16-5-8-20-18(12-16)19(9-11-29-20)25-21(27)15-2-1-10-26(13-15)22(28)14-3-6-17(24)7-4-14/h3-8,12,15,19H,1-2,9-11,13H2,(H,25,27). The van der Waals surface area contributed by atoms with Gasteiger partial charge in [-0.15, -0.1) is 0 Å². The van der Waals surface area contributed by atoms with Crippen molar-refractivity contribution in [2.24, 2.45) is 5.92 Å². The molecule has 29 heavy (non-hydrogen) atoms. The Morgan fingerprint density at radius 3 is 2.72 bits per heavy atom. The first-order chi connectivity index (χ1) is 14.0. The van der Waals surface area contributed by atoms with Crippen LogP contribution in [0.4, 0.5) is 0 Å². The van der Waals surface area contributed by atoms with Gasteiger partial charge in [0.15, 0.2) is 0 Å². The molecule has 4 rings (SSSR count). The maximum absolute atomic E-state index is 13.0. The summed E-state index contributed by atoms with van der Waals surface area (Å²) in [5, 5.41) is 3.78. The van der Waals surface area contributed by atoms with E-state index in [1.807, 2.05) is 18.2 Å². The van der Waals surface area contributed by atoms with E-state index in [0.29, 0.717) is 30.3 Å². The largest absolute Gasteiger partial charge is 0.493 e. The van der Waals surface area contributed by atoms with E-state index in [4.69, 9.17) is 16.3 Å². The summed E-state index contributed by atoms with van der Waals surface area (Å²) < 4.78 is 6.66. The van der Waals surface area contributed by atoms with Crippen LogP contribution in [0.1, 0.15) is 41.2 Å². The molecule has 0 aromatic heterocycles. The van der Waals surface area contributed by atoms with Crippen molar-refractivity contribution in [1.82, 2.24) is 10.2 Å². The quantitative estimate of drug-likeness (QED) is 0.703. The molecule has 0 aliphatic carbocycles. The number of benzene rings is 2. The lowest BCUT2D eigenvalue weighted by Gasteiger charge is -2.34. The van der Waals surface area contributed by atoms with Crippen molar-refractivity contribution in [2.75, 3.05) is 19.7 Å². The number of ether oxygens (including phenoxy) is 1. The summed E-state index contributed by atoms with van der Waals surface area (Å²) in [4.78, 5) is 27.6. The molecule has 0 saturated carbocycles. The highest BCUT2D eigenvalue weighted by atomic mass is 79.9. The average Bonchev–Trinajstić information content (AvgIpc) is 2.74. The topological polar surface area (TPSA) is 58.6 Å². The number of amides is 2. The fraction of sp³-hybridized carbons (Fsp3) is 0.364. The van der Waals surface area contributed by atoms with Gasteiger partial charge < -0.3 is 15.0 Å². The van der Waals surface area contributed by atoms with Crippen LogP contribution < -0.4 is 10.1 Å². The fourth-order valence-electron chi connectivity index (χ4n) is 3.96. The summed E-state index contributed by atoms with van der Waals surface area (Å²) >= 11 is 9.41. The highest BCUT2D eigenvalue weighted by molar-refractivity contribution is 9.10. The van der Waals surface area contributed by atoms with Crippen LogP contribution in [0.15, 0.2) is 46.9 Å². The third-order valence-electron chi connectivity index (χ3n) is 5.50. The molecule has 1 fully saturated rings. The van der Waals surface area contributed by atoms with Gasteiger partial charge in [-0.05, 0) is 55.3 Å². The minimum absolute atomic E-state index is 0.00330. The van der Waals surface area contributed by atoms with Gasteiger partial charge in [0.2, 0.25) is 5.91 Å². The Morgan fingerprint density at radius 2 is 1.93 bits per heavy atom. The molecule has 0 spiro atoms. The van der Waals surface area contributed by atoms with E-state index in [1.165, 1.54) is 0 Å². The molecule has 2 aromatic rings. The molecule has 2 unspecified atom stereocenters. The van der Waals surface area contributed by atoms with E-state index < -0.39 is 0 Å². The van der Waals surface area contributed by atoms with Gasteiger partial charge in [-0.1, -0.05) is 27.5 Å². The Morgan fingerprint density at radius 1 is 1.14 bits per heavy atom. The lowest BCUT2D eigenvalue weighted by Crippen LogP contribution is -2.46. The minimum Gasteiger partial charge on any atom is -0.493 e. The zero-order valence-electron chi connectivity index (χ0n) is 15.9. The number of nitrogens with zero attached hydrogens (tertiary/aromatic N) is 1. The maximum atomic E-state index is 13.0. The number of nitrogens with one attached hydrogen (secondary N) is 1. The van der Waals surface area contributed by atoms with Gasteiger partial charge in [0.1, 0.15) is 5.75 Å². The third kappa shape index (κ3) is 4.59. The van der Waals surface area contributed by atoms with Gasteiger partial charge >= 0.3 is 0 Å². The lowest BCUT2D eigenvalue weighted by atomic mass is 9.94. The van der Waals surface area contributed by atoms with Crippen LogP contribution in [-0.2, 0) is 4.79 Å². The normalized spacial score (nSPS) is 21.1. The van der Waals surface area contributed by atoms with Crippen molar-refractivity contribution in [3.63, 3.8) is 0 Å². The van der Waals surface area contributed by atoms with Crippen LogP contribution in [0.5, 0.6) is 5.75 Å². The highest BCUT2D eigenvalue weighted by Crippen LogP contribution is 2.34. The monoisotopic (exact) mass is 476 g/mol. The van der Waals surface area contributed by atoms with Crippen molar-refractivity contribution in [3.05, 3.63) is 63.1 Å². The van der Waals surface area contributed by atoms with Gasteiger partial charge in [-0.3, -0.25) is 9.59 Å². The first-order valence-corrected chi connectivity index (χ1v) is 11.0. The molecule has 152 valence electrons. The molecule has 1 saturated heterocycles. The fourth-order valence-corrected chi connectivity index (χ4v) is 4.46. The van der Waals surface area contributed by atoms with E-state index >= 15 is 0 Å². The number of piperidine rings is 1. The van der Waals surface area contributed by atoms with Gasteiger partial charge in [0.05, 0.1) is 18.6 Å². The molecule has 2 atom stereocenters. The predicted molar refractivity (Wildman–Crippen MR) is 115 cm³/mol. The van der Waals surface area contributed by atoms with Crippen LogP contribution in [0, 0.1) is 5.92 Å². The van der Waals surface area contributed by atoms with Crippen molar-refractivity contribution in [2.45, 2.75) is 25.3 Å². The number of halogens is 2. The van der Waals surface area contributed by atoms with E-state index in [-0.39, 0.29) is 23.8 Å². The second-order valence-corrected chi connectivity index (χ2v) is 8.83. The molecule has 5 nitrogen and oxygen atoms in total. The summed E-state index contributed by atoms with van der Waals surface area (Å²) in [5.74, 6) is 0.544. The molecule has 2 amide bonds. The third-order valence-corrected chi connectivity index (χ3v) is 6.24. The summed E-state index contributed by atoms with van der Waals surface area (Å²) in [6.45, 7) is 1.67. The zero-order chi connectivity index (χ0) is 20.4. The van der Waals surface area contributed by atoms with Crippen molar-refractivity contribution in [1.29, 1.82) is 0 Å². The van der Waals surface area contributed by atoms with Crippen molar-refractivity contribution in [3.8, 4) is 5.75 Å². The van der Waals surface area contributed by atoms with E-state index in [0.717, 1.165) is 35.0 Å². The molecule has 2 aliphatic heterocycles.